The molecule has 0 aliphatic carbocycles. The molecule has 0 spiro atoms. The van der Waals surface area contributed by atoms with Crippen molar-refractivity contribution in [2.45, 2.75) is 52.5 Å². The molecule has 0 radical (unpaired) electrons. The topological polar surface area (TPSA) is 101 Å². The number of hydrogen-bond donors (Lipinski definition) is 2. The fourth-order valence-corrected chi connectivity index (χ4v) is 3.02. The number of nitrogen functional groups attached to an aromatic ring is 1. The van der Waals surface area contributed by atoms with E-state index in [1.807, 2.05) is 13.8 Å². The van der Waals surface area contributed by atoms with Crippen LogP contribution in [0.1, 0.15) is 56.3 Å². The second-order valence-corrected chi connectivity index (χ2v) is 6.79. The molecule has 2 rings (SSSR count). The highest BCUT2D eigenvalue weighted by molar-refractivity contribution is 6.07. The average molecular weight is 408 g/mol. The summed E-state index contributed by atoms with van der Waals surface area (Å²) in [6.45, 7) is 4.28. The first-order chi connectivity index (χ1) is 13.8. The second kappa shape index (κ2) is 9.99. The van der Waals surface area contributed by atoms with E-state index in [4.69, 9.17) is 5.73 Å². The number of unbranched alkanes of at least 4 members (excludes halogenated alkanes) is 3. The van der Waals surface area contributed by atoms with Crippen molar-refractivity contribution in [2.24, 2.45) is 0 Å². The quantitative estimate of drug-likeness (QED) is 0.623. The lowest BCUT2D eigenvalue weighted by Crippen LogP contribution is -2.42. The first-order valence-electron chi connectivity index (χ1n) is 9.71. The van der Waals surface area contributed by atoms with Crippen LogP contribution in [-0.2, 0) is 6.54 Å². The van der Waals surface area contributed by atoms with E-state index in [0.29, 0.717) is 18.9 Å². The number of nitrogens with one attached hydrogen (secondary N) is 1. The molecule has 2 aromatic rings. The van der Waals surface area contributed by atoms with Crippen molar-refractivity contribution in [3.63, 3.8) is 0 Å². The summed E-state index contributed by atoms with van der Waals surface area (Å²) in [6.07, 6.45) is 3.60. The van der Waals surface area contributed by atoms with Crippen LogP contribution in [0.3, 0.4) is 0 Å². The first-order valence-corrected chi connectivity index (χ1v) is 9.71. The van der Waals surface area contributed by atoms with Crippen molar-refractivity contribution in [3.05, 3.63) is 56.2 Å². The SMILES string of the molecule is CCCCCN(C(=O)c1ccc(F)cc1F)c1c(N)n(CCCC)c(=O)[nH]c1=O. The van der Waals surface area contributed by atoms with E-state index in [0.717, 1.165) is 36.3 Å². The maximum Gasteiger partial charge on any atom is 0.330 e. The van der Waals surface area contributed by atoms with Crippen LogP contribution in [0.4, 0.5) is 20.3 Å². The Morgan fingerprint density at radius 2 is 1.83 bits per heavy atom. The van der Waals surface area contributed by atoms with Crippen LogP contribution < -0.4 is 21.9 Å². The van der Waals surface area contributed by atoms with Gasteiger partial charge in [0.05, 0.1) is 5.56 Å². The normalized spacial score (nSPS) is 10.9. The Morgan fingerprint density at radius 3 is 2.45 bits per heavy atom. The number of H-pyrrole nitrogens is 1. The minimum atomic E-state index is -1.04. The van der Waals surface area contributed by atoms with Gasteiger partial charge in [0, 0.05) is 19.2 Å². The number of carbonyl (C=O) groups excluding carboxylic acids is 1. The van der Waals surface area contributed by atoms with Gasteiger partial charge in [-0.1, -0.05) is 33.1 Å². The molecule has 7 nitrogen and oxygen atoms in total. The highest BCUT2D eigenvalue weighted by atomic mass is 19.1. The third-order valence-corrected chi connectivity index (χ3v) is 4.61. The Kier molecular flexibility index (Phi) is 7.69. The summed E-state index contributed by atoms with van der Waals surface area (Å²) >= 11 is 0. The summed E-state index contributed by atoms with van der Waals surface area (Å²) in [7, 11) is 0. The van der Waals surface area contributed by atoms with Gasteiger partial charge in [0.25, 0.3) is 11.5 Å². The fourth-order valence-electron chi connectivity index (χ4n) is 3.02. The predicted octanol–water partition coefficient (Wildman–Crippen LogP) is 3.03. The smallest absolute Gasteiger partial charge is 0.330 e. The van der Waals surface area contributed by atoms with Crippen molar-refractivity contribution >= 4 is 17.4 Å². The summed E-state index contributed by atoms with van der Waals surface area (Å²) in [5, 5.41) is 0. The lowest BCUT2D eigenvalue weighted by atomic mass is 10.1. The summed E-state index contributed by atoms with van der Waals surface area (Å²) < 4.78 is 28.7. The molecule has 1 amide bonds. The molecular formula is C20H26F2N4O3. The molecule has 1 heterocycles. The zero-order valence-electron chi connectivity index (χ0n) is 16.6. The minimum Gasteiger partial charge on any atom is -0.383 e. The molecule has 0 fully saturated rings. The van der Waals surface area contributed by atoms with Gasteiger partial charge in [-0.3, -0.25) is 19.1 Å². The van der Waals surface area contributed by atoms with Gasteiger partial charge < -0.3 is 10.6 Å². The number of hydrogen-bond acceptors (Lipinski definition) is 4. The lowest BCUT2D eigenvalue weighted by molar-refractivity contribution is 0.0982. The van der Waals surface area contributed by atoms with Gasteiger partial charge in [0.2, 0.25) is 0 Å². The van der Waals surface area contributed by atoms with Crippen LogP contribution in [-0.4, -0.2) is 22.0 Å². The predicted molar refractivity (Wildman–Crippen MR) is 108 cm³/mol. The molecule has 0 saturated carbocycles. The van der Waals surface area contributed by atoms with E-state index < -0.39 is 28.8 Å². The number of nitrogens with two attached hydrogens (primary N) is 1. The summed E-state index contributed by atoms with van der Waals surface area (Å²) in [6, 6.07) is 2.60. The number of carbonyl (C=O) groups is 1. The zero-order valence-corrected chi connectivity index (χ0v) is 16.6. The Balaban J connectivity index is 2.59. The highest BCUT2D eigenvalue weighted by Gasteiger charge is 2.26. The zero-order chi connectivity index (χ0) is 21.6. The van der Waals surface area contributed by atoms with Crippen molar-refractivity contribution in [1.29, 1.82) is 0 Å². The van der Waals surface area contributed by atoms with Crippen LogP contribution in [0.25, 0.3) is 0 Å². The number of rotatable bonds is 9. The van der Waals surface area contributed by atoms with Gasteiger partial charge in [-0.2, -0.15) is 0 Å². The van der Waals surface area contributed by atoms with Crippen LogP contribution in [0.2, 0.25) is 0 Å². The first kappa shape index (κ1) is 22.3. The van der Waals surface area contributed by atoms with E-state index in [2.05, 4.69) is 4.98 Å². The third-order valence-electron chi connectivity index (χ3n) is 4.61. The number of amides is 1. The van der Waals surface area contributed by atoms with E-state index in [1.54, 1.807) is 0 Å². The summed E-state index contributed by atoms with van der Waals surface area (Å²) in [5.41, 5.74) is 4.03. The Bertz CT molecular complexity index is 985. The van der Waals surface area contributed by atoms with E-state index in [9.17, 15) is 23.2 Å². The van der Waals surface area contributed by atoms with Gasteiger partial charge in [-0.05, 0) is 25.0 Å². The average Bonchev–Trinajstić information content (AvgIpc) is 2.66. The summed E-state index contributed by atoms with van der Waals surface area (Å²) in [4.78, 5) is 41.0. The van der Waals surface area contributed by atoms with E-state index >= 15 is 0 Å². The van der Waals surface area contributed by atoms with Crippen LogP contribution in [0.15, 0.2) is 27.8 Å². The molecule has 1 aromatic carbocycles. The Labute approximate surface area is 167 Å². The molecule has 1 aromatic heterocycles. The van der Waals surface area contributed by atoms with Crippen molar-refractivity contribution in [3.8, 4) is 0 Å². The van der Waals surface area contributed by atoms with Crippen LogP contribution in [0.5, 0.6) is 0 Å². The van der Waals surface area contributed by atoms with Gasteiger partial charge in [-0.15, -0.1) is 0 Å². The number of anilines is 2. The lowest BCUT2D eigenvalue weighted by Gasteiger charge is -2.25. The standard InChI is InChI=1S/C20H26F2N4O3/c1-3-5-7-11-25(19(28)14-9-8-13(21)12-15(14)22)16-17(23)26(10-6-4-2)20(29)24-18(16)27/h8-9,12H,3-7,10-11,23H2,1-2H3,(H,24,27,29). The second-order valence-electron chi connectivity index (χ2n) is 6.79. The van der Waals surface area contributed by atoms with Gasteiger partial charge in [-0.25, -0.2) is 13.6 Å². The third kappa shape index (κ3) is 5.10. The minimum absolute atomic E-state index is 0.1000. The Morgan fingerprint density at radius 1 is 1.14 bits per heavy atom. The van der Waals surface area contributed by atoms with Gasteiger partial charge in [0.1, 0.15) is 17.5 Å². The van der Waals surface area contributed by atoms with Crippen LogP contribution >= 0.6 is 0 Å². The molecule has 0 unspecified atom stereocenters. The number of benzene rings is 1. The molecule has 158 valence electrons. The monoisotopic (exact) mass is 408 g/mol. The van der Waals surface area contributed by atoms with Gasteiger partial charge >= 0.3 is 5.69 Å². The molecule has 0 aliphatic heterocycles. The maximum absolute atomic E-state index is 14.2. The number of aromatic amines is 1. The molecule has 0 atom stereocenters. The molecule has 3 N–H and O–H groups in total. The van der Waals surface area contributed by atoms with Crippen molar-refractivity contribution in [1.82, 2.24) is 9.55 Å². The maximum atomic E-state index is 14.2. The van der Waals surface area contributed by atoms with Crippen molar-refractivity contribution < 1.29 is 13.6 Å². The van der Waals surface area contributed by atoms with Gasteiger partial charge in [0.15, 0.2) is 5.69 Å². The molecule has 0 bridgehead atoms. The molecular weight excluding hydrogens is 382 g/mol. The molecule has 29 heavy (non-hydrogen) atoms. The Hall–Kier alpha value is -2.97. The van der Waals surface area contributed by atoms with E-state index in [1.165, 1.54) is 4.57 Å². The molecule has 0 saturated heterocycles. The number of nitrogens with zero attached hydrogens (tertiary/aromatic N) is 2. The highest BCUT2D eigenvalue weighted by Crippen LogP contribution is 2.22. The van der Waals surface area contributed by atoms with E-state index in [-0.39, 0.29) is 30.2 Å². The summed E-state index contributed by atoms with van der Waals surface area (Å²) in [5.74, 6) is -2.83. The molecule has 0 aliphatic rings. The van der Waals surface area contributed by atoms with Crippen molar-refractivity contribution in [2.75, 3.05) is 17.2 Å². The molecule has 9 heteroatoms. The number of halogens is 2. The van der Waals surface area contributed by atoms with Crippen LogP contribution in [0, 0.1) is 11.6 Å². The number of aromatic nitrogens is 2. The largest absolute Gasteiger partial charge is 0.383 e. The fraction of sp³-hybridized carbons (Fsp3) is 0.450.